The van der Waals surface area contributed by atoms with Gasteiger partial charge < -0.3 is 10.5 Å². The van der Waals surface area contributed by atoms with Crippen LogP contribution in [0.5, 0.6) is 0 Å². The number of nitrogens with zero attached hydrogens (tertiary/aromatic N) is 1. The van der Waals surface area contributed by atoms with Gasteiger partial charge >= 0.3 is 5.97 Å². The number of carbonyl (C=O) groups excluding carboxylic acids is 1. The van der Waals surface area contributed by atoms with Gasteiger partial charge in [-0.05, 0) is 17.7 Å². The SMILES string of the molecule is Nc1cc(C(=O)OCc2cccc(Br)c2)[nH]n1. The fraction of sp³-hybridized carbons (Fsp3) is 0.0909. The summed E-state index contributed by atoms with van der Waals surface area (Å²) in [7, 11) is 0. The molecule has 5 nitrogen and oxygen atoms in total. The number of esters is 1. The van der Waals surface area contributed by atoms with Crippen molar-refractivity contribution >= 4 is 27.7 Å². The lowest BCUT2D eigenvalue weighted by Gasteiger charge is -2.03. The van der Waals surface area contributed by atoms with Crippen LogP contribution in [0.3, 0.4) is 0 Å². The van der Waals surface area contributed by atoms with Crippen LogP contribution in [0, 0.1) is 0 Å². The lowest BCUT2D eigenvalue weighted by Crippen LogP contribution is -2.05. The van der Waals surface area contributed by atoms with E-state index in [0.717, 1.165) is 10.0 Å². The summed E-state index contributed by atoms with van der Waals surface area (Å²) in [5, 5.41) is 6.15. The predicted octanol–water partition coefficient (Wildman–Crippen LogP) is 2.11. The second-order valence-corrected chi connectivity index (χ2v) is 4.33. The van der Waals surface area contributed by atoms with Gasteiger partial charge in [-0.2, -0.15) is 5.10 Å². The first-order chi connectivity index (χ1) is 8.15. The van der Waals surface area contributed by atoms with Crippen molar-refractivity contribution in [3.05, 3.63) is 46.1 Å². The number of hydrogen-bond donors (Lipinski definition) is 2. The van der Waals surface area contributed by atoms with Crippen LogP contribution in [-0.2, 0) is 11.3 Å². The fourth-order valence-corrected chi connectivity index (χ4v) is 1.74. The molecule has 1 aromatic heterocycles. The van der Waals surface area contributed by atoms with Crippen molar-refractivity contribution in [2.75, 3.05) is 5.73 Å². The maximum Gasteiger partial charge on any atom is 0.356 e. The number of nitrogen functional groups attached to an aromatic ring is 1. The largest absolute Gasteiger partial charge is 0.456 e. The second-order valence-electron chi connectivity index (χ2n) is 3.41. The summed E-state index contributed by atoms with van der Waals surface area (Å²) in [6, 6.07) is 8.97. The van der Waals surface area contributed by atoms with Crippen molar-refractivity contribution in [1.82, 2.24) is 10.2 Å². The van der Waals surface area contributed by atoms with Crippen LogP contribution in [0.4, 0.5) is 5.82 Å². The van der Waals surface area contributed by atoms with Gasteiger partial charge in [-0.15, -0.1) is 0 Å². The lowest BCUT2D eigenvalue weighted by molar-refractivity contribution is 0.0465. The van der Waals surface area contributed by atoms with Crippen LogP contribution in [0.15, 0.2) is 34.8 Å². The zero-order chi connectivity index (χ0) is 12.3. The van der Waals surface area contributed by atoms with E-state index in [0.29, 0.717) is 0 Å². The molecular weight excluding hydrogens is 286 g/mol. The molecular formula is C11H10BrN3O2. The average molecular weight is 296 g/mol. The van der Waals surface area contributed by atoms with Gasteiger partial charge in [0.1, 0.15) is 18.1 Å². The number of halogens is 1. The second kappa shape index (κ2) is 5.01. The molecule has 3 N–H and O–H groups in total. The van der Waals surface area contributed by atoms with Gasteiger partial charge in [-0.25, -0.2) is 4.79 Å². The minimum absolute atomic E-state index is 0.206. The van der Waals surface area contributed by atoms with Crippen LogP contribution in [0.1, 0.15) is 16.1 Å². The van der Waals surface area contributed by atoms with E-state index in [2.05, 4.69) is 26.1 Å². The van der Waals surface area contributed by atoms with Crippen molar-refractivity contribution in [2.24, 2.45) is 0 Å². The molecule has 1 heterocycles. The van der Waals surface area contributed by atoms with Crippen LogP contribution in [-0.4, -0.2) is 16.2 Å². The number of nitrogens with two attached hydrogens (primary N) is 1. The highest BCUT2D eigenvalue weighted by Gasteiger charge is 2.10. The van der Waals surface area contributed by atoms with E-state index < -0.39 is 5.97 Å². The quantitative estimate of drug-likeness (QED) is 0.850. The molecule has 0 radical (unpaired) electrons. The third kappa shape index (κ3) is 3.07. The molecule has 0 amide bonds. The first-order valence-corrected chi connectivity index (χ1v) is 5.67. The predicted molar refractivity (Wildman–Crippen MR) is 66.3 cm³/mol. The number of hydrogen-bond acceptors (Lipinski definition) is 4. The number of nitrogens with one attached hydrogen (secondary N) is 1. The Bertz CT molecular complexity index is 539. The molecule has 17 heavy (non-hydrogen) atoms. The molecule has 2 aromatic rings. The Labute approximate surface area is 106 Å². The summed E-state index contributed by atoms with van der Waals surface area (Å²) in [6.45, 7) is 0.206. The summed E-state index contributed by atoms with van der Waals surface area (Å²) in [5.41, 5.74) is 6.54. The minimum Gasteiger partial charge on any atom is -0.456 e. The van der Waals surface area contributed by atoms with Gasteiger partial charge in [0.05, 0.1) is 0 Å². The van der Waals surface area contributed by atoms with E-state index in [1.165, 1.54) is 6.07 Å². The van der Waals surface area contributed by atoms with E-state index in [9.17, 15) is 4.79 Å². The normalized spacial score (nSPS) is 10.2. The van der Waals surface area contributed by atoms with Crippen molar-refractivity contribution in [1.29, 1.82) is 0 Å². The fourth-order valence-electron chi connectivity index (χ4n) is 1.30. The van der Waals surface area contributed by atoms with E-state index in [-0.39, 0.29) is 18.1 Å². The maximum absolute atomic E-state index is 11.6. The molecule has 0 saturated heterocycles. The van der Waals surface area contributed by atoms with Gasteiger partial charge in [0, 0.05) is 10.5 Å². The Balaban J connectivity index is 1.97. The topological polar surface area (TPSA) is 81.0 Å². The van der Waals surface area contributed by atoms with Gasteiger partial charge in [-0.1, -0.05) is 28.1 Å². The van der Waals surface area contributed by atoms with Crippen molar-refractivity contribution in [3.8, 4) is 0 Å². The first-order valence-electron chi connectivity index (χ1n) is 4.87. The molecule has 0 aliphatic rings. The number of carbonyl (C=O) groups is 1. The molecule has 0 fully saturated rings. The Hall–Kier alpha value is -1.82. The van der Waals surface area contributed by atoms with E-state index >= 15 is 0 Å². The summed E-state index contributed by atoms with van der Waals surface area (Å²) in [5.74, 6) is -0.214. The highest BCUT2D eigenvalue weighted by molar-refractivity contribution is 9.10. The molecule has 0 saturated carbocycles. The molecule has 2 rings (SSSR count). The highest BCUT2D eigenvalue weighted by atomic mass is 79.9. The van der Waals surface area contributed by atoms with Crippen molar-refractivity contribution < 1.29 is 9.53 Å². The highest BCUT2D eigenvalue weighted by Crippen LogP contribution is 2.13. The summed E-state index contributed by atoms with van der Waals surface area (Å²) in [6.07, 6.45) is 0. The Kier molecular flexibility index (Phi) is 3.43. The number of rotatable bonds is 3. The number of anilines is 1. The standard InChI is InChI=1S/C11H10BrN3O2/c12-8-3-1-2-7(4-8)6-17-11(16)9-5-10(13)15-14-9/h1-5H,6H2,(H3,13,14,15). The van der Waals surface area contributed by atoms with E-state index in [1.54, 1.807) is 0 Å². The summed E-state index contributed by atoms with van der Waals surface area (Å²) < 4.78 is 6.04. The third-order valence-electron chi connectivity index (χ3n) is 2.08. The van der Waals surface area contributed by atoms with Crippen LogP contribution in [0.25, 0.3) is 0 Å². The molecule has 0 aliphatic heterocycles. The molecule has 0 aliphatic carbocycles. The molecule has 0 unspecified atom stereocenters. The number of H-pyrrole nitrogens is 1. The van der Waals surface area contributed by atoms with Crippen LogP contribution < -0.4 is 5.73 Å². The Morgan fingerprint density at radius 2 is 2.29 bits per heavy atom. The monoisotopic (exact) mass is 295 g/mol. The molecule has 0 atom stereocenters. The average Bonchev–Trinajstić information content (AvgIpc) is 2.73. The minimum atomic E-state index is -0.478. The number of aromatic nitrogens is 2. The Morgan fingerprint density at radius 3 is 2.94 bits per heavy atom. The van der Waals surface area contributed by atoms with Gasteiger partial charge in [0.2, 0.25) is 0 Å². The molecule has 1 aromatic carbocycles. The van der Waals surface area contributed by atoms with Crippen LogP contribution >= 0.6 is 15.9 Å². The van der Waals surface area contributed by atoms with Crippen molar-refractivity contribution in [3.63, 3.8) is 0 Å². The molecule has 0 spiro atoms. The Morgan fingerprint density at radius 1 is 1.47 bits per heavy atom. The van der Waals surface area contributed by atoms with E-state index in [1.807, 2.05) is 24.3 Å². The summed E-state index contributed by atoms with van der Waals surface area (Å²) in [4.78, 5) is 11.6. The van der Waals surface area contributed by atoms with Gasteiger partial charge in [0.15, 0.2) is 0 Å². The zero-order valence-corrected chi connectivity index (χ0v) is 10.4. The van der Waals surface area contributed by atoms with Crippen molar-refractivity contribution in [2.45, 2.75) is 6.61 Å². The number of aromatic amines is 1. The van der Waals surface area contributed by atoms with E-state index in [4.69, 9.17) is 10.5 Å². The van der Waals surface area contributed by atoms with Gasteiger partial charge in [-0.3, -0.25) is 5.10 Å². The number of ether oxygens (including phenoxy) is 1. The summed E-state index contributed by atoms with van der Waals surface area (Å²) >= 11 is 3.34. The third-order valence-corrected chi connectivity index (χ3v) is 2.57. The zero-order valence-electron chi connectivity index (χ0n) is 8.81. The number of benzene rings is 1. The van der Waals surface area contributed by atoms with Crippen LogP contribution in [0.2, 0.25) is 0 Å². The molecule has 0 bridgehead atoms. The first kappa shape index (κ1) is 11.7. The molecule has 88 valence electrons. The smallest absolute Gasteiger partial charge is 0.356 e. The molecule has 6 heteroatoms. The maximum atomic E-state index is 11.6. The lowest BCUT2D eigenvalue weighted by atomic mass is 10.2. The van der Waals surface area contributed by atoms with Gasteiger partial charge in [0.25, 0.3) is 0 Å².